The number of nitrogens with zero attached hydrogens (tertiary/aromatic N) is 4. The summed E-state index contributed by atoms with van der Waals surface area (Å²) in [5, 5.41) is 16.0. The molecule has 1 unspecified atom stereocenters. The molecule has 12 heteroatoms. The van der Waals surface area contributed by atoms with Crippen molar-refractivity contribution >= 4 is 17.5 Å². The van der Waals surface area contributed by atoms with Gasteiger partial charge in [0.1, 0.15) is 5.82 Å². The van der Waals surface area contributed by atoms with Crippen molar-refractivity contribution in [1.82, 2.24) is 19.7 Å². The summed E-state index contributed by atoms with van der Waals surface area (Å²) < 4.78 is 42.0. The molecule has 0 saturated carbocycles. The van der Waals surface area contributed by atoms with Gasteiger partial charge in [-0.3, -0.25) is 9.63 Å². The molecule has 2 aromatic carbocycles. The number of aliphatic carboxylic acids is 1. The van der Waals surface area contributed by atoms with Crippen LogP contribution in [-0.2, 0) is 27.3 Å². The van der Waals surface area contributed by atoms with Crippen molar-refractivity contribution in [3.8, 4) is 17.0 Å². The lowest BCUT2D eigenvalue weighted by Gasteiger charge is -2.28. The van der Waals surface area contributed by atoms with Crippen LogP contribution in [0.2, 0.25) is 0 Å². The Morgan fingerprint density at radius 1 is 1.16 bits per heavy atom. The van der Waals surface area contributed by atoms with E-state index in [0.29, 0.717) is 47.4 Å². The highest BCUT2D eigenvalue weighted by molar-refractivity contribution is 5.93. The van der Waals surface area contributed by atoms with E-state index in [9.17, 15) is 19.1 Å². The summed E-state index contributed by atoms with van der Waals surface area (Å²) in [7, 11) is 1.33. The molecule has 1 atom stereocenters. The van der Waals surface area contributed by atoms with Crippen LogP contribution in [0, 0.1) is 25.5 Å². The molecule has 1 aliphatic rings. The molecule has 0 fully saturated rings. The zero-order valence-electron chi connectivity index (χ0n) is 25.4. The molecule has 0 bridgehead atoms. The summed E-state index contributed by atoms with van der Waals surface area (Å²) in [6, 6.07) is 8.38. The molecule has 10 nitrogen and oxygen atoms in total. The zero-order valence-corrected chi connectivity index (χ0v) is 25.4. The molecular weight excluding hydrogens is 574 g/mol. The van der Waals surface area contributed by atoms with Crippen molar-refractivity contribution in [2.24, 2.45) is 0 Å². The number of hydrogen-bond acceptors (Lipinski definition) is 7. The largest absolute Gasteiger partial charge is 0.490 e. The molecule has 3 heterocycles. The third-order valence-corrected chi connectivity index (χ3v) is 7.38. The van der Waals surface area contributed by atoms with E-state index >= 15 is 4.39 Å². The van der Waals surface area contributed by atoms with Gasteiger partial charge in [0.15, 0.2) is 29.0 Å². The van der Waals surface area contributed by atoms with Crippen LogP contribution in [0.25, 0.3) is 16.9 Å². The summed E-state index contributed by atoms with van der Waals surface area (Å²) in [4.78, 5) is 36.2. The quantitative estimate of drug-likeness (QED) is 0.251. The van der Waals surface area contributed by atoms with E-state index < -0.39 is 35.2 Å². The summed E-state index contributed by atoms with van der Waals surface area (Å²) in [5.41, 5.74) is 2.39. The lowest BCUT2D eigenvalue weighted by molar-refractivity contribution is -0.160. The maximum Gasteiger partial charge on any atom is 0.337 e. The highest BCUT2D eigenvalue weighted by Gasteiger charge is 2.35. The van der Waals surface area contributed by atoms with E-state index in [0.717, 1.165) is 5.06 Å². The van der Waals surface area contributed by atoms with Crippen LogP contribution < -0.4 is 4.74 Å². The number of carboxylic acid groups (broad SMARTS) is 1. The maximum absolute atomic E-state index is 15.6. The number of carboxylic acids is 1. The molecule has 5 rings (SSSR count). The predicted octanol–water partition coefficient (Wildman–Crippen LogP) is 5.76. The minimum Gasteiger partial charge on any atom is -0.490 e. The number of hydroxylamine groups is 2. The number of rotatable bonds is 8. The molecule has 0 radical (unpaired) electrons. The Morgan fingerprint density at radius 2 is 1.86 bits per heavy atom. The summed E-state index contributed by atoms with van der Waals surface area (Å²) in [6.07, 6.45) is -0.223. The van der Waals surface area contributed by atoms with E-state index in [2.05, 4.69) is 10.1 Å². The topological polar surface area (TPSA) is 115 Å². The van der Waals surface area contributed by atoms with Crippen LogP contribution in [0.15, 0.2) is 36.4 Å². The lowest BCUT2D eigenvalue weighted by Crippen LogP contribution is -2.30. The van der Waals surface area contributed by atoms with Gasteiger partial charge in [0.05, 0.1) is 31.6 Å². The number of carbonyl (C=O) groups is 2. The minimum atomic E-state index is -1.49. The summed E-state index contributed by atoms with van der Waals surface area (Å²) in [6.45, 7) is 9.05. The second-order valence-corrected chi connectivity index (χ2v) is 11.6. The van der Waals surface area contributed by atoms with E-state index in [1.54, 1.807) is 27.7 Å². The average Bonchev–Trinajstić information content (AvgIpc) is 3.40. The number of aryl methyl sites for hydroxylation is 1. The molecule has 1 N–H and O–H groups in total. The summed E-state index contributed by atoms with van der Waals surface area (Å²) >= 11 is 0. The Morgan fingerprint density at radius 3 is 2.50 bits per heavy atom. The van der Waals surface area contributed by atoms with Gasteiger partial charge in [-0.2, -0.15) is 5.10 Å². The fourth-order valence-corrected chi connectivity index (χ4v) is 5.40. The van der Waals surface area contributed by atoms with Gasteiger partial charge in [-0.25, -0.2) is 28.1 Å². The van der Waals surface area contributed by atoms with E-state index in [-0.39, 0.29) is 34.9 Å². The van der Waals surface area contributed by atoms with Crippen LogP contribution in [0.1, 0.15) is 71.7 Å². The number of ether oxygens (including phenoxy) is 2. The van der Waals surface area contributed by atoms with Crippen molar-refractivity contribution in [3.05, 3.63) is 81.7 Å². The van der Waals surface area contributed by atoms with Gasteiger partial charge in [0.25, 0.3) is 5.91 Å². The minimum absolute atomic E-state index is 0.00367. The van der Waals surface area contributed by atoms with Gasteiger partial charge in [-0.05, 0) is 76.8 Å². The number of halogens is 2. The van der Waals surface area contributed by atoms with Gasteiger partial charge in [0.2, 0.25) is 0 Å². The first kappa shape index (κ1) is 31.0. The Kier molecular flexibility index (Phi) is 8.41. The molecular formula is C32H34F2N4O6. The number of hydrogen-bond donors (Lipinski definition) is 1. The number of benzene rings is 2. The molecule has 1 aliphatic heterocycles. The first-order valence-electron chi connectivity index (χ1n) is 14.2. The summed E-state index contributed by atoms with van der Waals surface area (Å²) in [5.74, 6) is -2.71. The molecule has 0 saturated heterocycles. The van der Waals surface area contributed by atoms with Gasteiger partial charge >= 0.3 is 5.97 Å². The highest BCUT2D eigenvalue weighted by atomic mass is 19.1. The fraction of sp³-hybridized carbons (Fsp3) is 0.375. The normalized spacial score (nSPS) is 13.8. The number of fused-ring (bicyclic) bond motifs is 2. The first-order chi connectivity index (χ1) is 20.8. The van der Waals surface area contributed by atoms with E-state index in [1.165, 1.54) is 48.0 Å². The van der Waals surface area contributed by atoms with E-state index in [4.69, 9.17) is 14.3 Å². The SMILES string of the molecule is CON(Cc1ccc(F)cc1)C(=O)c1cc2nc(C)c(C(OC(C)(C)C)C(=O)O)c(-c3cc(F)c4c(c3C)CCCO4)n2n1. The average molecular weight is 609 g/mol. The van der Waals surface area contributed by atoms with Crippen LogP contribution >= 0.6 is 0 Å². The van der Waals surface area contributed by atoms with Crippen LogP contribution in [0.3, 0.4) is 0 Å². The number of carbonyl (C=O) groups excluding carboxylic acids is 1. The van der Waals surface area contributed by atoms with Crippen LogP contribution in [0.5, 0.6) is 5.75 Å². The second-order valence-electron chi connectivity index (χ2n) is 11.6. The van der Waals surface area contributed by atoms with Gasteiger partial charge in [0, 0.05) is 28.5 Å². The lowest BCUT2D eigenvalue weighted by atomic mass is 9.91. The third-order valence-electron chi connectivity index (χ3n) is 7.38. The highest BCUT2D eigenvalue weighted by Crippen LogP contribution is 2.41. The zero-order chi connectivity index (χ0) is 31.9. The smallest absolute Gasteiger partial charge is 0.337 e. The fourth-order valence-electron chi connectivity index (χ4n) is 5.40. The van der Waals surface area contributed by atoms with E-state index in [1.807, 2.05) is 6.92 Å². The van der Waals surface area contributed by atoms with Crippen LogP contribution in [0.4, 0.5) is 8.78 Å². The van der Waals surface area contributed by atoms with Gasteiger partial charge in [-0.1, -0.05) is 12.1 Å². The molecule has 44 heavy (non-hydrogen) atoms. The standard InChI is InChI=1S/C32H34F2N4O6/c1-17-21-8-7-13-43-28(21)23(34)14-22(17)27-26(29(31(40)41)44-32(3,4)5)18(2)35-25-15-24(36-38(25)27)30(39)37(42-6)16-19-9-11-20(33)12-10-19/h9-12,14-15,29H,7-8,13,16H2,1-6H3,(H,40,41). The second kappa shape index (κ2) is 11.9. The molecule has 1 amide bonds. The van der Waals surface area contributed by atoms with Crippen molar-refractivity contribution in [1.29, 1.82) is 0 Å². The Balaban J connectivity index is 1.73. The Bertz CT molecular complexity index is 1750. The van der Waals surface area contributed by atoms with Gasteiger partial charge < -0.3 is 14.6 Å². The third kappa shape index (κ3) is 6.00. The van der Waals surface area contributed by atoms with Crippen LogP contribution in [-0.4, -0.2) is 56.0 Å². The van der Waals surface area contributed by atoms with Crippen molar-refractivity contribution < 1.29 is 37.8 Å². The molecule has 0 aliphatic carbocycles. The molecule has 0 spiro atoms. The molecule has 2 aromatic heterocycles. The van der Waals surface area contributed by atoms with Crippen molar-refractivity contribution in [2.75, 3.05) is 13.7 Å². The first-order valence-corrected chi connectivity index (χ1v) is 14.2. The number of aromatic nitrogens is 3. The van der Waals surface area contributed by atoms with Crippen molar-refractivity contribution in [2.45, 2.75) is 65.7 Å². The monoisotopic (exact) mass is 608 g/mol. The molecule has 232 valence electrons. The van der Waals surface area contributed by atoms with Crippen molar-refractivity contribution in [3.63, 3.8) is 0 Å². The maximum atomic E-state index is 15.6. The van der Waals surface area contributed by atoms with Gasteiger partial charge in [-0.15, -0.1) is 0 Å². The number of amides is 1. The molecule has 4 aromatic rings. The predicted molar refractivity (Wildman–Crippen MR) is 156 cm³/mol. The Hall–Kier alpha value is -4.42. The Labute approximate surface area is 253 Å².